The number of aryl methyl sites for hydroxylation is 2. The number of rotatable bonds is 6. The molecule has 9 heteroatoms. The SMILES string of the molecule is CN=C(NCCC(=O)Nc1ccc(C)cn1)NCc1ncnn1C. The molecule has 9 nitrogen and oxygen atoms in total. The van der Waals surface area contributed by atoms with E-state index in [0.717, 1.165) is 11.4 Å². The van der Waals surface area contributed by atoms with Crippen molar-refractivity contribution in [3.05, 3.63) is 36.0 Å². The Morgan fingerprint density at radius 1 is 1.29 bits per heavy atom. The summed E-state index contributed by atoms with van der Waals surface area (Å²) in [5, 5.41) is 12.9. The fourth-order valence-corrected chi connectivity index (χ4v) is 1.91. The predicted molar refractivity (Wildman–Crippen MR) is 91.4 cm³/mol. The molecule has 24 heavy (non-hydrogen) atoms. The summed E-state index contributed by atoms with van der Waals surface area (Å²) >= 11 is 0. The van der Waals surface area contributed by atoms with E-state index in [1.54, 1.807) is 24.0 Å². The van der Waals surface area contributed by atoms with Crippen LogP contribution in [-0.4, -0.2) is 45.2 Å². The summed E-state index contributed by atoms with van der Waals surface area (Å²) in [6, 6.07) is 3.68. The molecule has 3 N–H and O–H groups in total. The smallest absolute Gasteiger partial charge is 0.227 e. The van der Waals surface area contributed by atoms with Crippen LogP contribution in [0.1, 0.15) is 17.8 Å². The lowest BCUT2D eigenvalue weighted by atomic mass is 10.3. The molecule has 128 valence electrons. The number of pyridine rings is 1. The summed E-state index contributed by atoms with van der Waals surface area (Å²) < 4.78 is 1.68. The van der Waals surface area contributed by atoms with E-state index in [1.165, 1.54) is 6.33 Å². The molecule has 2 aromatic heterocycles. The maximum atomic E-state index is 11.9. The van der Waals surface area contributed by atoms with Gasteiger partial charge in [0.25, 0.3) is 0 Å². The molecule has 0 saturated carbocycles. The third-order valence-corrected chi connectivity index (χ3v) is 3.27. The Balaban J connectivity index is 1.70. The van der Waals surface area contributed by atoms with Crippen molar-refractivity contribution in [3.8, 4) is 0 Å². The minimum absolute atomic E-state index is 0.109. The molecule has 0 bridgehead atoms. The number of guanidine groups is 1. The topological polar surface area (TPSA) is 109 Å². The molecular formula is C15H22N8O. The molecule has 0 atom stereocenters. The van der Waals surface area contributed by atoms with Gasteiger partial charge >= 0.3 is 0 Å². The van der Waals surface area contributed by atoms with Crippen LogP contribution in [-0.2, 0) is 18.4 Å². The van der Waals surface area contributed by atoms with Crippen LogP contribution in [0.3, 0.4) is 0 Å². The molecule has 1 amide bonds. The average molecular weight is 330 g/mol. The number of amides is 1. The lowest BCUT2D eigenvalue weighted by Gasteiger charge is -2.11. The van der Waals surface area contributed by atoms with E-state index in [9.17, 15) is 4.79 Å². The first-order valence-electron chi connectivity index (χ1n) is 7.58. The molecule has 2 rings (SSSR count). The lowest BCUT2D eigenvalue weighted by Crippen LogP contribution is -2.38. The Kier molecular flexibility index (Phi) is 6.23. The Hall–Kier alpha value is -2.97. The Labute approximate surface area is 140 Å². The fraction of sp³-hybridized carbons (Fsp3) is 0.400. The molecule has 2 aromatic rings. The molecule has 0 spiro atoms. The first-order chi connectivity index (χ1) is 11.6. The Morgan fingerprint density at radius 2 is 2.12 bits per heavy atom. The standard InChI is InChI=1S/C15H22N8O/c1-11-4-5-12(18-8-11)22-14(24)6-7-17-15(16-2)19-9-13-20-10-21-23(13)3/h4-5,8,10H,6-7,9H2,1-3H3,(H2,16,17,19)(H,18,22,24). The van der Waals surface area contributed by atoms with Gasteiger partial charge in [0.2, 0.25) is 5.91 Å². The highest BCUT2D eigenvalue weighted by molar-refractivity contribution is 5.90. The minimum atomic E-state index is -0.109. The van der Waals surface area contributed by atoms with Crippen molar-refractivity contribution in [3.63, 3.8) is 0 Å². The van der Waals surface area contributed by atoms with E-state index in [4.69, 9.17) is 0 Å². The van der Waals surface area contributed by atoms with E-state index in [1.807, 2.05) is 20.0 Å². The van der Waals surface area contributed by atoms with Crippen molar-refractivity contribution >= 4 is 17.7 Å². The van der Waals surface area contributed by atoms with Crippen LogP contribution in [0, 0.1) is 6.92 Å². The van der Waals surface area contributed by atoms with Gasteiger partial charge in [0.05, 0.1) is 6.54 Å². The van der Waals surface area contributed by atoms with Crippen molar-refractivity contribution in [2.45, 2.75) is 19.9 Å². The quantitative estimate of drug-likeness (QED) is 0.516. The summed E-state index contributed by atoms with van der Waals surface area (Å²) in [5.74, 6) is 1.83. The maximum absolute atomic E-state index is 11.9. The van der Waals surface area contributed by atoms with E-state index in [0.29, 0.717) is 31.3 Å². The highest BCUT2D eigenvalue weighted by Gasteiger charge is 2.05. The van der Waals surface area contributed by atoms with Crippen LogP contribution in [0.5, 0.6) is 0 Å². The van der Waals surface area contributed by atoms with E-state index < -0.39 is 0 Å². The van der Waals surface area contributed by atoms with Crippen LogP contribution in [0.15, 0.2) is 29.6 Å². The van der Waals surface area contributed by atoms with Crippen LogP contribution < -0.4 is 16.0 Å². The number of carbonyl (C=O) groups excluding carboxylic acids is 1. The summed E-state index contributed by atoms with van der Waals surface area (Å²) in [6.07, 6.45) is 3.52. The van der Waals surface area contributed by atoms with Crippen LogP contribution >= 0.6 is 0 Å². The zero-order valence-corrected chi connectivity index (χ0v) is 14.1. The maximum Gasteiger partial charge on any atom is 0.227 e. The molecular weight excluding hydrogens is 308 g/mol. The van der Waals surface area contributed by atoms with E-state index in [-0.39, 0.29) is 5.91 Å². The number of aliphatic imine (C=N–C) groups is 1. The van der Waals surface area contributed by atoms with E-state index >= 15 is 0 Å². The summed E-state index contributed by atoms with van der Waals surface area (Å²) in [6.45, 7) is 2.90. The molecule has 0 aliphatic rings. The Bertz CT molecular complexity index is 692. The van der Waals surface area contributed by atoms with Crippen LogP contribution in [0.2, 0.25) is 0 Å². The summed E-state index contributed by atoms with van der Waals surface area (Å²) in [4.78, 5) is 24.2. The molecule has 0 unspecified atom stereocenters. The molecule has 0 saturated heterocycles. The molecule has 0 aliphatic carbocycles. The number of nitrogens with zero attached hydrogens (tertiary/aromatic N) is 5. The number of carbonyl (C=O) groups is 1. The average Bonchev–Trinajstić information content (AvgIpc) is 2.98. The minimum Gasteiger partial charge on any atom is -0.356 e. The number of nitrogens with one attached hydrogen (secondary N) is 3. The lowest BCUT2D eigenvalue weighted by molar-refractivity contribution is -0.116. The third kappa shape index (κ3) is 5.34. The van der Waals surface area contributed by atoms with Gasteiger partial charge in [-0.15, -0.1) is 0 Å². The van der Waals surface area contributed by atoms with Crippen LogP contribution in [0.25, 0.3) is 0 Å². The zero-order chi connectivity index (χ0) is 17.4. The number of hydrogen-bond donors (Lipinski definition) is 3. The summed E-state index contributed by atoms with van der Waals surface area (Å²) in [5.41, 5.74) is 1.05. The fourth-order valence-electron chi connectivity index (χ4n) is 1.91. The number of aromatic nitrogens is 4. The van der Waals surface area contributed by atoms with Crippen molar-refractivity contribution in [2.24, 2.45) is 12.0 Å². The highest BCUT2D eigenvalue weighted by atomic mass is 16.1. The van der Waals surface area contributed by atoms with Gasteiger partial charge in [-0.1, -0.05) is 6.07 Å². The van der Waals surface area contributed by atoms with Crippen LogP contribution in [0.4, 0.5) is 5.82 Å². The predicted octanol–water partition coefficient (Wildman–Crippen LogP) is 0.212. The molecule has 0 aliphatic heterocycles. The molecule has 0 radical (unpaired) electrons. The van der Waals surface area contributed by atoms with Gasteiger partial charge in [-0.05, 0) is 18.6 Å². The first kappa shape index (κ1) is 17.4. The number of anilines is 1. The van der Waals surface area contributed by atoms with Crippen molar-refractivity contribution in [2.75, 3.05) is 18.9 Å². The van der Waals surface area contributed by atoms with Crippen molar-refractivity contribution < 1.29 is 4.79 Å². The second kappa shape index (κ2) is 8.61. The molecule has 2 heterocycles. The molecule has 0 fully saturated rings. The van der Waals surface area contributed by atoms with Gasteiger partial charge in [0, 0.05) is 33.3 Å². The van der Waals surface area contributed by atoms with Gasteiger partial charge in [-0.25, -0.2) is 9.97 Å². The number of hydrogen-bond acceptors (Lipinski definition) is 5. The van der Waals surface area contributed by atoms with Gasteiger partial charge in [0.1, 0.15) is 18.0 Å². The zero-order valence-electron chi connectivity index (χ0n) is 14.1. The normalized spacial score (nSPS) is 11.2. The highest BCUT2D eigenvalue weighted by Crippen LogP contribution is 2.03. The second-order valence-electron chi connectivity index (χ2n) is 5.17. The van der Waals surface area contributed by atoms with Crippen molar-refractivity contribution in [1.82, 2.24) is 30.4 Å². The molecule has 0 aromatic carbocycles. The van der Waals surface area contributed by atoms with Gasteiger partial charge < -0.3 is 16.0 Å². The Morgan fingerprint density at radius 3 is 2.75 bits per heavy atom. The van der Waals surface area contributed by atoms with Gasteiger partial charge in [-0.3, -0.25) is 14.5 Å². The largest absolute Gasteiger partial charge is 0.356 e. The summed E-state index contributed by atoms with van der Waals surface area (Å²) in [7, 11) is 3.49. The van der Waals surface area contributed by atoms with E-state index in [2.05, 4.69) is 36.0 Å². The first-order valence-corrected chi connectivity index (χ1v) is 7.58. The van der Waals surface area contributed by atoms with Crippen molar-refractivity contribution in [1.29, 1.82) is 0 Å². The monoisotopic (exact) mass is 330 g/mol. The van der Waals surface area contributed by atoms with Gasteiger partial charge in [0.15, 0.2) is 5.96 Å². The van der Waals surface area contributed by atoms with Gasteiger partial charge in [-0.2, -0.15) is 5.10 Å². The second-order valence-corrected chi connectivity index (χ2v) is 5.17. The third-order valence-electron chi connectivity index (χ3n) is 3.27.